The Morgan fingerprint density at radius 1 is 0.882 bits per heavy atom. The summed E-state index contributed by atoms with van der Waals surface area (Å²) in [5.74, 6) is 5.22. The molecule has 1 aliphatic rings. The number of benzene rings is 3. The lowest BCUT2D eigenvalue weighted by molar-refractivity contribution is 0.102. The van der Waals surface area contributed by atoms with Crippen LogP contribution in [0, 0.1) is 24.7 Å². The van der Waals surface area contributed by atoms with Crippen LogP contribution in [-0.4, -0.2) is 42.7 Å². The summed E-state index contributed by atoms with van der Waals surface area (Å²) in [6, 6.07) is 19.0. The minimum atomic E-state index is -0.404. The van der Waals surface area contributed by atoms with Crippen molar-refractivity contribution in [1.29, 1.82) is 0 Å². The number of nitrogens with zero attached hydrogens (tertiary/aromatic N) is 2. The number of hydrogen-bond acceptors (Lipinski definition) is 4. The molecular formula is C28H22N4O2. The molecular weight excluding hydrogens is 424 g/mol. The van der Waals surface area contributed by atoms with Gasteiger partial charge in [-0.3, -0.25) is 14.6 Å². The van der Waals surface area contributed by atoms with Crippen molar-refractivity contribution in [2.45, 2.75) is 0 Å². The minimum absolute atomic E-state index is 0.253. The lowest BCUT2D eigenvalue weighted by Crippen LogP contribution is -2.23. The molecule has 1 aliphatic heterocycles. The molecule has 0 saturated heterocycles. The maximum atomic E-state index is 13.0. The normalized spacial score (nSPS) is 12.3. The average Bonchev–Trinajstić information content (AvgIpc) is 3.30. The van der Waals surface area contributed by atoms with Crippen LogP contribution in [0.1, 0.15) is 37.4 Å². The fraction of sp³-hybridized carbons (Fsp3) is 0.107. The first kappa shape index (κ1) is 22.4. The van der Waals surface area contributed by atoms with Crippen LogP contribution in [0.25, 0.3) is 0 Å². The van der Waals surface area contributed by atoms with E-state index in [1.165, 1.54) is 0 Å². The topological polar surface area (TPSA) is 73.8 Å². The number of rotatable bonds is 5. The zero-order valence-corrected chi connectivity index (χ0v) is 18.6. The number of amides is 2. The van der Waals surface area contributed by atoms with E-state index in [0.29, 0.717) is 28.1 Å². The Kier molecular flexibility index (Phi) is 6.43. The van der Waals surface area contributed by atoms with Crippen LogP contribution >= 0.6 is 0 Å². The van der Waals surface area contributed by atoms with Crippen molar-refractivity contribution in [1.82, 2.24) is 4.90 Å². The second kappa shape index (κ2) is 9.77. The van der Waals surface area contributed by atoms with Gasteiger partial charge in [0, 0.05) is 41.5 Å². The summed E-state index contributed by atoms with van der Waals surface area (Å²) in [5.41, 5.74) is 3.82. The van der Waals surface area contributed by atoms with Crippen molar-refractivity contribution in [2.75, 3.05) is 30.8 Å². The number of likely N-dealkylation sites (N-methyl/N-ethyl adjacent to an activating group) is 1. The monoisotopic (exact) mass is 446 g/mol. The number of nitrogens with one attached hydrogen (secondary N) is 2. The van der Waals surface area contributed by atoms with Crippen LogP contribution in [0.2, 0.25) is 0 Å². The Labute approximate surface area is 198 Å². The molecule has 0 fully saturated rings. The van der Waals surface area contributed by atoms with Gasteiger partial charge in [-0.25, -0.2) is 0 Å². The molecule has 0 spiro atoms. The number of aliphatic imine (C=N–C) groups is 1. The van der Waals surface area contributed by atoms with Crippen LogP contribution in [0.3, 0.4) is 0 Å². The van der Waals surface area contributed by atoms with Crippen molar-refractivity contribution < 1.29 is 9.59 Å². The first-order valence-corrected chi connectivity index (χ1v) is 10.6. The predicted octanol–water partition coefficient (Wildman–Crippen LogP) is 3.85. The van der Waals surface area contributed by atoms with Gasteiger partial charge < -0.3 is 15.5 Å². The first-order valence-electron chi connectivity index (χ1n) is 10.6. The Hall–Kier alpha value is -4.81. The molecule has 4 rings (SSSR count). The fourth-order valence-corrected chi connectivity index (χ4v) is 3.59. The molecule has 6 heteroatoms. The van der Waals surface area contributed by atoms with Crippen LogP contribution in [0.5, 0.6) is 0 Å². The highest BCUT2D eigenvalue weighted by Crippen LogP contribution is 2.21. The lowest BCUT2D eigenvalue weighted by atomic mass is 10.1. The van der Waals surface area contributed by atoms with Gasteiger partial charge in [0.2, 0.25) is 0 Å². The highest BCUT2D eigenvalue weighted by atomic mass is 16.2. The smallest absolute Gasteiger partial charge is 0.257 e. The molecule has 0 saturated carbocycles. The molecule has 0 radical (unpaired) electrons. The zero-order chi connectivity index (χ0) is 24.1. The van der Waals surface area contributed by atoms with E-state index in [2.05, 4.69) is 32.4 Å². The molecule has 0 atom stereocenters. The van der Waals surface area contributed by atoms with E-state index in [9.17, 15) is 9.59 Å². The Morgan fingerprint density at radius 3 is 2.18 bits per heavy atom. The van der Waals surface area contributed by atoms with E-state index in [1.807, 2.05) is 19.2 Å². The van der Waals surface area contributed by atoms with Crippen molar-refractivity contribution in [2.24, 2.45) is 4.99 Å². The summed E-state index contributed by atoms with van der Waals surface area (Å²) in [4.78, 5) is 32.5. The van der Waals surface area contributed by atoms with Crippen molar-refractivity contribution in [3.8, 4) is 24.7 Å². The quantitative estimate of drug-likeness (QED) is 0.585. The van der Waals surface area contributed by atoms with Gasteiger partial charge in [0.05, 0.1) is 17.8 Å². The molecule has 0 unspecified atom stereocenters. The Morgan fingerprint density at radius 2 is 1.56 bits per heavy atom. The van der Waals surface area contributed by atoms with Gasteiger partial charge in [-0.2, -0.15) is 0 Å². The van der Waals surface area contributed by atoms with E-state index in [1.54, 1.807) is 54.6 Å². The SMILES string of the molecule is C#Cc1ccc(NC(=O)c2cc(C#C)ccc2NC(=O)c2ccc(C3=NCCN3C)cc2)cc1. The fourth-order valence-electron chi connectivity index (χ4n) is 3.59. The number of carbonyl (C=O) groups is 2. The molecule has 0 bridgehead atoms. The first-order chi connectivity index (χ1) is 16.5. The number of anilines is 2. The van der Waals surface area contributed by atoms with Gasteiger partial charge >= 0.3 is 0 Å². The third-order valence-corrected chi connectivity index (χ3v) is 5.45. The molecule has 34 heavy (non-hydrogen) atoms. The van der Waals surface area contributed by atoms with Gasteiger partial charge in [0.25, 0.3) is 11.8 Å². The average molecular weight is 447 g/mol. The summed E-state index contributed by atoms with van der Waals surface area (Å²) < 4.78 is 0. The summed E-state index contributed by atoms with van der Waals surface area (Å²) >= 11 is 0. The summed E-state index contributed by atoms with van der Waals surface area (Å²) in [6.07, 6.45) is 10.9. The van der Waals surface area contributed by atoms with Gasteiger partial charge in [0.15, 0.2) is 0 Å². The largest absolute Gasteiger partial charge is 0.358 e. The highest BCUT2D eigenvalue weighted by molar-refractivity contribution is 6.13. The molecule has 166 valence electrons. The lowest BCUT2D eigenvalue weighted by Gasteiger charge is -2.14. The maximum Gasteiger partial charge on any atom is 0.257 e. The molecule has 6 nitrogen and oxygen atoms in total. The van der Waals surface area contributed by atoms with Gasteiger partial charge in [-0.15, -0.1) is 12.8 Å². The number of hydrogen-bond donors (Lipinski definition) is 2. The highest BCUT2D eigenvalue weighted by Gasteiger charge is 2.17. The van der Waals surface area contributed by atoms with E-state index >= 15 is 0 Å². The second-order valence-corrected chi connectivity index (χ2v) is 7.74. The van der Waals surface area contributed by atoms with E-state index in [4.69, 9.17) is 12.8 Å². The van der Waals surface area contributed by atoms with Crippen LogP contribution in [0.4, 0.5) is 11.4 Å². The third-order valence-electron chi connectivity index (χ3n) is 5.45. The van der Waals surface area contributed by atoms with Crippen molar-refractivity contribution in [3.63, 3.8) is 0 Å². The van der Waals surface area contributed by atoms with Crippen LogP contribution in [0.15, 0.2) is 71.7 Å². The van der Waals surface area contributed by atoms with Crippen LogP contribution in [-0.2, 0) is 0 Å². The third kappa shape index (κ3) is 4.82. The van der Waals surface area contributed by atoms with Crippen molar-refractivity contribution >= 4 is 29.0 Å². The summed E-state index contributed by atoms with van der Waals surface area (Å²) in [6.45, 7) is 1.64. The van der Waals surface area contributed by atoms with E-state index in [-0.39, 0.29) is 11.5 Å². The second-order valence-electron chi connectivity index (χ2n) is 7.74. The minimum Gasteiger partial charge on any atom is -0.358 e. The Balaban J connectivity index is 1.54. The van der Waals surface area contributed by atoms with Gasteiger partial charge in [0.1, 0.15) is 5.84 Å². The number of terminal acetylenes is 2. The Bertz CT molecular complexity index is 1360. The zero-order valence-electron chi connectivity index (χ0n) is 18.6. The summed E-state index contributed by atoms with van der Waals surface area (Å²) in [7, 11) is 1.99. The molecule has 0 aliphatic carbocycles. The molecule has 0 aromatic heterocycles. The molecule has 2 amide bonds. The number of carbonyl (C=O) groups excluding carboxylic acids is 2. The molecule has 1 heterocycles. The van der Waals surface area contributed by atoms with Gasteiger partial charge in [-0.05, 0) is 54.6 Å². The molecule has 2 N–H and O–H groups in total. The standard InChI is InChI=1S/C28H22N4O2/c1-4-19-6-13-23(14-7-19)30-28(34)24-18-20(5-2)8-15-25(24)31-27(33)22-11-9-21(10-12-22)26-29-16-17-32(26)3/h1-2,6-15,18H,16-17H2,3H3,(H,30,34)(H,31,33). The van der Waals surface area contributed by atoms with E-state index in [0.717, 1.165) is 24.5 Å². The summed E-state index contributed by atoms with van der Waals surface area (Å²) in [5, 5.41) is 5.64. The molecule has 3 aromatic rings. The van der Waals surface area contributed by atoms with Crippen molar-refractivity contribution in [3.05, 3.63) is 94.5 Å². The van der Waals surface area contributed by atoms with E-state index < -0.39 is 5.91 Å². The number of amidine groups is 1. The maximum absolute atomic E-state index is 13.0. The van der Waals surface area contributed by atoms with Gasteiger partial charge in [-0.1, -0.05) is 24.0 Å². The van der Waals surface area contributed by atoms with Crippen LogP contribution < -0.4 is 10.6 Å². The predicted molar refractivity (Wildman–Crippen MR) is 135 cm³/mol. The molecule has 3 aromatic carbocycles.